The summed E-state index contributed by atoms with van der Waals surface area (Å²) < 4.78 is 13.3. The monoisotopic (exact) mass is 270 g/mol. The lowest BCUT2D eigenvalue weighted by molar-refractivity contribution is 0.124. The van der Waals surface area contributed by atoms with Crippen LogP contribution >= 0.6 is 11.6 Å². The van der Waals surface area contributed by atoms with Crippen LogP contribution in [0.4, 0.5) is 4.39 Å². The van der Waals surface area contributed by atoms with Crippen molar-refractivity contribution < 1.29 is 4.39 Å². The van der Waals surface area contributed by atoms with Crippen LogP contribution in [0.15, 0.2) is 18.2 Å². The molecule has 1 atom stereocenters. The topological polar surface area (TPSA) is 29.3 Å². The summed E-state index contributed by atoms with van der Waals surface area (Å²) in [6, 6.07) is 4.09. The first kappa shape index (κ1) is 13.8. The predicted molar refractivity (Wildman–Crippen MR) is 73.2 cm³/mol. The molecule has 1 fully saturated rings. The molecule has 0 amide bonds. The highest BCUT2D eigenvalue weighted by Gasteiger charge is 2.36. The number of nitrogens with two attached hydrogens (primary N) is 1. The van der Waals surface area contributed by atoms with Crippen molar-refractivity contribution >= 4 is 11.6 Å². The van der Waals surface area contributed by atoms with Gasteiger partial charge in [0.1, 0.15) is 5.82 Å². The van der Waals surface area contributed by atoms with Crippen LogP contribution in [0.5, 0.6) is 0 Å². The summed E-state index contributed by atoms with van der Waals surface area (Å²) in [5.74, 6) is -0.290. The molecule has 18 heavy (non-hydrogen) atoms. The zero-order chi connectivity index (χ0) is 13.3. The molecule has 2 rings (SSSR count). The molecule has 2 nitrogen and oxygen atoms in total. The van der Waals surface area contributed by atoms with Gasteiger partial charge in [-0.2, -0.15) is 0 Å². The van der Waals surface area contributed by atoms with Gasteiger partial charge >= 0.3 is 0 Å². The first-order valence-corrected chi connectivity index (χ1v) is 6.76. The Balaban J connectivity index is 2.28. The fourth-order valence-corrected chi connectivity index (χ4v) is 2.86. The Morgan fingerprint density at radius 3 is 2.56 bits per heavy atom. The van der Waals surface area contributed by atoms with Gasteiger partial charge in [-0.1, -0.05) is 11.6 Å². The van der Waals surface area contributed by atoms with E-state index in [2.05, 4.69) is 18.7 Å². The standard InChI is InChI=1S/C14H20ClFN2/c1-14(2,18-7-3-4-8-18)13(17)11-9-10(16)5-6-12(11)15/h5-6,9,13H,3-4,7-8,17H2,1-2H3. The van der Waals surface area contributed by atoms with E-state index in [4.69, 9.17) is 17.3 Å². The molecule has 0 aromatic heterocycles. The molecule has 1 unspecified atom stereocenters. The molecule has 0 aliphatic carbocycles. The molecule has 1 saturated heterocycles. The van der Waals surface area contributed by atoms with Crippen LogP contribution < -0.4 is 5.73 Å². The van der Waals surface area contributed by atoms with Crippen LogP contribution in [0.2, 0.25) is 5.02 Å². The van der Waals surface area contributed by atoms with Crippen molar-refractivity contribution in [2.75, 3.05) is 13.1 Å². The molecule has 1 aliphatic heterocycles. The van der Waals surface area contributed by atoms with Gasteiger partial charge in [-0.15, -0.1) is 0 Å². The fraction of sp³-hybridized carbons (Fsp3) is 0.571. The van der Waals surface area contributed by atoms with E-state index in [1.807, 2.05) is 0 Å². The number of benzene rings is 1. The molecule has 2 N–H and O–H groups in total. The highest BCUT2D eigenvalue weighted by atomic mass is 35.5. The third-order valence-corrected chi connectivity index (χ3v) is 4.32. The number of hydrogen-bond acceptors (Lipinski definition) is 2. The summed E-state index contributed by atoms with van der Waals surface area (Å²) in [6.45, 7) is 6.30. The molecule has 0 radical (unpaired) electrons. The largest absolute Gasteiger partial charge is 0.322 e. The van der Waals surface area contributed by atoms with Crippen molar-refractivity contribution in [3.8, 4) is 0 Å². The maximum absolute atomic E-state index is 13.3. The first-order valence-electron chi connectivity index (χ1n) is 6.38. The van der Waals surface area contributed by atoms with Crippen LogP contribution in [0.25, 0.3) is 0 Å². The molecular formula is C14H20ClFN2. The van der Waals surface area contributed by atoms with Gasteiger partial charge in [0.05, 0.1) is 0 Å². The SMILES string of the molecule is CC(C)(C(N)c1cc(F)ccc1Cl)N1CCCC1. The van der Waals surface area contributed by atoms with Gasteiger partial charge in [0.2, 0.25) is 0 Å². The van der Waals surface area contributed by atoms with Crippen molar-refractivity contribution in [1.29, 1.82) is 0 Å². The second kappa shape index (κ2) is 5.16. The van der Waals surface area contributed by atoms with Gasteiger partial charge in [0.25, 0.3) is 0 Å². The summed E-state index contributed by atoms with van der Waals surface area (Å²) in [5.41, 5.74) is 6.80. The van der Waals surface area contributed by atoms with E-state index < -0.39 is 0 Å². The third kappa shape index (κ3) is 2.53. The fourth-order valence-electron chi connectivity index (χ4n) is 2.62. The van der Waals surface area contributed by atoms with E-state index in [1.54, 1.807) is 6.07 Å². The number of nitrogens with zero attached hydrogens (tertiary/aromatic N) is 1. The van der Waals surface area contributed by atoms with Crippen molar-refractivity contribution in [2.24, 2.45) is 5.73 Å². The van der Waals surface area contributed by atoms with Gasteiger partial charge in [-0.25, -0.2) is 4.39 Å². The van der Waals surface area contributed by atoms with Crippen LogP contribution in [-0.2, 0) is 0 Å². The van der Waals surface area contributed by atoms with Crippen molar-refractivity contribution in [3.63, 3.8) is 0 Å². The third-order valence-electron chi connectivity index (χ3n) is 3.98. The molecule has 4 heteroatoms. The molecule has 1 aromatic rings. The molecule has 0 bridgehead atoms. The van der Waals surface area contributed by atoms with Gasteiger partial charge in [0.15, 0.2) is 0 Å². The number of hydrogen-bond donors (Lipinski definition) is 1. The second-order valence-corrected chi connectivity index (χ2v) is 5.90. The summed E-state index contributed by atoms with van der Waals surface area (Å²) >= 11 is 6.14. The average Bonchev–Trinajstić information content (AvgIpc) is 2.85. The molecule has 0 saturated carbocycles. The number of rotatable bonds is 3. The molecule has 1 aliphatic rings. The average molecular weight is 271 g/mol. The van der Waals surface area contributed by atoms with Gasteiger partial charge in [0, 0.05) is 16.6 Å². The zero-order valence-electron chi connectivity index (χ0n) is 10.9. The van der Waals surface area contributed by atoms with Crippen molar-refractivity contribution in [2.45, 2.75) is 38.3 Å². The molecule has 100 valence electrons. The Bertz CT molecular complexity index is 428. The van der Waals surface area contributed by atoms with E-state index in [9.17, 15) is 4.39 Å². The zero-order valence-corrected chi connectivity index (χ0v) is 11.7. The molecule has 1 aromatic carbocycles. The Kier molecular flexibility index (Phi) is 3.95. The molecular weight excluding hydrogens is 251 g/mol. The first-order chi connectivity index (χ1) is 8.43. The second-order valence-electron chi connectivity index (χ2n) is 5.49. The lowest BCUT2D eigenvalue weighted by atomic mass is 9.87. The number of likely N-dealkylation sites (tertiary alicyclic amines) is 1. The normalized spacial score (nSPS) is 19.2. The van der Waals surface area contributed by atoms with E-state index in [-0.39, 0.29) is 17.4 Å². The smallest absolute Gasteiger partial charge is 0.123 e. The highest BCUT2D eigenvalue weighted by molar-refractivity contribution is 6.31. The molecule has 0 spiro atoms. The lowest BCUT2D eigenvalue weighted by Gasteiger charge is -2.40. The number of halogens is 2. The highest BCUT2D eigenvalue weighted by Crippen LogP contribution is 2.35. The Labute approximate surface area is 113 Å². The minimum absolute atomic E-state index is 0.214. The predicted octanol–water partition coefficient (Wildman–Crippen LogP) is 3.35. The van der Waals surface area contributed by atoms with Crippen LogP contribution in [0.3, 0.4) is 0 Å². The van der Waals surface area contributed by atoms with Crippen LogP contribution in [0.1, 0.15) is 38.3 Å². The van der Waals surface area contributed by atoms with E-state index >= 15 is 0 Å². The quantitative estimate of drug-likeness (QED) is 0.913. The minimum atomic E-state index is -0.293. The maximum atomic E-state index is 13.3. The Morgan fingerprint density at radius 1 is 1.33 bits per heavy atom. The van der Waals surface area contributed by atoms with E-state index in [0.717, 1.165) is 13.1 Å². The van der Waals surface area contributed by atoms with E-state index in [0.29, 0.717) is 10.6 Å². The Morgan fingerprint density at radius 2 is 1.94 bits per heavy atom. The van der Waals surface area contributed by atoms with Crippen molar-refractivity contribution in [3.05, 3.63) is 34.6 Å². The van der Waals surface area contributed by atoms with Crippen LogP contribution in [0, 0.1) is 5.82 Å². The van der Waals surface area contributed by atoms with Gasteiger partial charge in [-0.05, 0) is 63.5 Å². The summed E-state index contributed by atoms with van der Waals surface area (Å²) in [5, 5.41) is 0.538. The summed E-state index contributed by atoms with van der Waals surface area (Å²) in [4.78, 5) is 2.36. The summed E-state index contributed by atoms with van der Waals surface area (Å²) in [7, 11) is 0. The van der Waals surface area contributed by atoms with Gasteiger partial charge < -0.3 is 5.73 Å². The van der Waals surface area contributed by atoms with Gasteiger partial charge in [-0.3, -0.25) is 4.90 Å². The van der Waals surface area contributed by atoms with Crippen molar-refractivity contribution in [1.82, 2.24) is 4.90 Å². The maximum Gasteiger partial charge on any atom is 0.123 e. The molecule has 1 heterocycles. The van der Waals surface area contributed by atoms with Crippen LogP contribution in [-0.4, -0.2) is 23.5 Å². The lowest BCUT2D eigenvalue weighted by Crippen LogP contribution is -2.50. The minimum Gasteiger partial charge on any atom is -0.322 e. The Hall–Kier alpha value is -0.640. The summed E-state index contributed by atoms with van der Waals surface area (Å²) in [6.07, 6.45) is 2.40. The van der Waals surface area contributed by atoms with E-state index in [1.165, 1.54) is 25.0 Å².